The van der Waals surface area contributed by atoms with E-state index in [2.05, 4.69) is 0 Å². The predicted octanol–water partition coefficient (Wildman–Crippen LogP) is 1.15. The van der Waals surface area contributed by atoms with Crippen LogP contribution in [0.1, 0.15) is 26.7 Å². The van der Waals surface area contributed by atoms with E-state index in [9.17, 15) is 4.79 Å². The summed E-state index contributed by atoms with van der Waals surface area (Å²) in [6, 6.07) is 0. The highest BCUT2D eigenvalue weighted by molar-refractivity contribution is 5.88. The summed E-state index contributed by atoms with van der Waals surface area (Å²) >= 11 is 0. The Kier molecular flexibility index (Phi) is 2.88. The molecule has 1 fully saturated rings. The van der Waals surface area contributed by atoms with Gasteiger partial charge in [0.15, 0.2) is 0 Å². The molecule has 3 heteroatoms. The van der Waals surface area contributed by atoms with Crippen molar-refractivity contribution in [2.45, 2.75) is 26.7 Å². The molecule has 0 aromatic heterocycles. The topological polar surface area (TPSA) is 29.5 Å². The minimum absolute atomic E-state index is 0.131. The molecule has 1 aliphatic rings. The van der Waals surface area contributed by atoms with E-state index in [1.54, 1.807) is 5.06 Å². The van der Waals surface area contributed by atoms with Gasteiger partial charge < -0.3 is 4.84 Å². The summed E-state index contributed by atoms with van der Waals surface area (Å²) in [7, 11) is 0. The first-order valence-electron chi connectivity index (χ1n) is 4.09. The largest absolute Gasteiger partial charge is 0.367 e. The van der Waals surface area contributed by atoms with E-state index in [4.69, 9.17) is 4.84 Å². The molecule has 11 heavy (non-hydrogen) atoms. The molecule has 0 N–H and O–H groups in total. The lowest BCUT2D eigenvalue weighted by molar-refractivity contribution is -0.184. The number of carbonyl (C=O) groups is 1. The third-order valence-electron chi connectivity index (χ3n) is 1.71. The quantitative estimate of drug-likeness (QED) is 0.572. The molecule has 0 bridgehead atoms. The van der Waals surface area contributed by atoms with Gasteiger partial charge >= 0.3 is 5.97 Å². The molecule has 0 aromatic carbocycles. The Morgan fingerprint density at radius 1 is 1.45 bits per heavy atom. The van der Waals surface area contributed by atoms with Crippen LogP contribution in [0.5, 0.6) is 0 Å². The second-order valence-electron chi connectivity index (χ2n) is 2.60. The highest BCUT2D eigenvalue weighted by Crippen LogP contribution is 2.32. The molecule has 1 radical (unpaired) electrons. The normalized spacial score (nSPS) is 17.0. The maximum absolute atomic E-state index is 11.0. The van der Waals surface area contributed by atoms with Gasteiger partial charge in [-0.15, -0.1) is 5.06 Å². The molecule has 0 aromatic rings. The number of hydrogen-bond acceptors (Lipinski definition) is 3. The Morgan fingerprint density at radius 2 is 2.00 bits per heavy atom. The van der Waals surface area contributed by atoms with Crippen molar-refractivity contribution in [3.63, 3.8) is 0 Å². The van der Waals surface area contributed by atoms with E-state index < -0.39 is 0 Å². The Bertz CT molecular complexity index is 139. The lowest BCUT2D eigenvalue weighted by atomic mass is 10.4. The fourth-order valence-corrected chi connectivity index (χ4v) is 0.801. The summed E-state index contributed by atoms with van der Waals surface area (Å²) in [5, 5.41) is 1.66. The number of carbonyl (C=O) groups excluding carboxylic acids is 1. The maximum atomic E-state index is 11.0. The fourth-order valence-electron chi connectivity index (χ4n) is 0.801. The van der Waals surface area contributed by atoms with Crippen molar-refractivity contribution in [2.75, 3.05) is 13.1 Å². The summed E-state index contributed by atoms with van der Waals surface area (Å²) in [5.74, 6) is 0.797. The third-order valence-corrected chi connectivity index (χ3v) is 1.71. The van der Waals surface area contributed by atoms with Crippen LogP contribution in [0.4, 0.5) is 0 Å². The van der Waals surface area contributed by atoms with Crippen molar-refractivity contribution in [2.24, 2.45) is 0 Å². The molecular weight excluding hydrogens is 142 g/mol. The van der Waals surface area contributed by atoms with E-state index in [0.29, 0.717) is 0 Å². The summed E-state index contributed by atoms with van der Waals surface area (Å²) < 4.78 is 0. The molecule has 0 saturated heterocycles. The Balaban J connectivity index is 2.20. The first-order valence-corrected chi connectivity index (χ1v) is 4.09. The van der Waals surface area contributed by atoms with E-state index >= 15 is 0 Å². The molecule has 3 nitrogen and oxygen atoms in total. The number of rotatable bonds is 4. The van der Waals surface area contributed by atoms with Crippen LogP contribution in [0.15, 0.2) is 0 Å². The third kappa shape index (κ3) is 2.50. The number of hydrogen-bond donors (Lipinski definition) is 0. The average molecular weight is 156 g/mol. The zero-order chi connectivity index (χ0) is 8.27. The zero-order valence-electron chi connectivity index (χ0n) is 7.09. The van der Waals surface area contributed by atoms with Gasteiger partial charge in [-0.1, -0.05) is 0 Å². The summed E-state index contributed by atoms with van der Waals surface area (Å²) in [6.07, 6.45) is 1.86. The van der Waals surface area contributed by atoms with E-state index in [1.165, 1.54) is 0 Å². The van der Waals surface area contributed by atoms with Crippen molar-refractivity contribution in [1.29, 1.82) is 0 Å². The second-order valence-corrected chi connectivity index (χ2v) is 2.60. The monoisotopic (exact) mass is 156 g/mol. The van der Waals surface area contributed by atoms with Gasteiger partial charge in [0.2, 0.25) is 0 Å². The molecule has 0 aliphatic heterocycles. The van der Waals surface area contributed by atoms with Crippen LogP contribution in [0.25, 0.3) is 0 Å². The highest BCUT2D eigenvalue weighted by atomic mass is 16.7. The van der Waals surface area contributed by atoms with Crippen LogP contribution in [0, 0.1) is 5.92 Å². The SMILES string of the molecule is CCN(CC)OC(=O)[C]1CC1. The molecule has 1 aliphatic carbocycles. The number of hydroxylamine groups is 2. The molecule has 0 amide bonds. The lowest BCUT2D eigenvalue weighted by Gasteiger charge is -2.16. The number of nitrogens with zero attached hydrogens (tertiary/aromatic N) is 1. The molecular formula is C8H14NO2. The van der Waals surface area contributed by atoms with Crippen molar-refractivity contribution >= 4 is 5.97 Å². The van der Waals surface area contributed by atoms with Crippen LogP contribution in [0.3, 0.4) is 0 Å². The van der Waals surface area contributed by atoms with Crippen molar-refractivity contribution in [3.05, 3.63) is 5.92 Å². The maximum Gasteiger partial charge on any atom is 0.332 e. The summed E-state index contributed by atoms with van der Waals surface area (Å²) in [5.41, 5.74) is 0. The zero-order valence-corrected chi connectivity index (χ0v) is 7.09. The Labute approximate surface area is 67.3 Å². The smallest absolute Gasteiger partial charge is 0.332 e. The first kappa shape index (κ1) is 8.53. The molecule has 1 rings (SSSR count). The molecule has 0 atom stereocenters. The van der Waals surface area contributed by atoms with E-state index in [-0.39, 0.29) is 5.97 Å². The molecule has 0 spiro atoms. The predicted molar refractivity (Wildman–Crippen MR) is 41.5 cm³/mol. The van der Waals surface area contributed by atoms with Gasteiger partial charge in [0.05, 0.1) is 5.92 Å². The second kappa shape index (κ2) is 3.72. The van der Waals surface area contributed by atoms with Gasteiger partial charge in [0.25, 0.3) is 0 Å². The van der Waals surface area contributed by atoms with E-state index in [0.717, 1.165) is 31.8 Å². The van der Waals surface area contributed by atoms with Crippen LogP contribution in [-0.4, -0.2) is 24.1 Å². The van der Waals surface area contributed by atoms with Gasteiger partial charge in [-0.3, -0.25) is 0 Å². The van der Waals surface area contributed by atoms with Crippen molar-refractivity contribution in [1.82, 2.24) is 5.06 Å². The van der Waals surface area contributed by atoms with Crippen LogP contribution in [0.2, 0.25) is 0 Å². The molecule has 0 heterocycles. The fraction of sp³-hybridized carbons (Fsp3) is 0.750. The highest BCUT2D eigenvalue weighted by Gasteiger charge is 2.33. The minimum atomic E-state index is -0.131. The van der Waals surface area contributed by atoms with E-state index in [1.807, 2.05) is 13.8 Å². The van der Waals surface area contributed by atoms with Crippen molar-refractivity contribution in [3.8, 4) is 0 Å². The van der Waals surface area contributed by atoms with Gasteiger partial charge in [-0.05, 0) is 26.7 Å². The molecule has 0 unspecified atom stereocenters. The van der Waals surface area contributed by atoms with Gasteiger partial charge in [-0.25, -0.2) is 4.79 Å². The molecule has 1 saturated carbocycles. The van der Waals surface area contributed by atoms with Gasteiger partial charge in [0.1, 0.15) is 0 Å². The summed E-state index contributed by atoms with van der Waals surface area (Å²) in [6.45, 7) is 5.45. The lowest BCUT2D eigenvalue weighted by Crippen LogP contribution is -2.27. The van der Waals surface area contributed by atoms with Crippen LogP contribution < -0.4 is 0 Å². The van der Waals surface area contributed by atoms with Crippen LogP contribution in [-0.2, 0) is 9.63 Å². The Morgan fingerprint density at radius 3 is 2.36 bits per heavy atom. The standard InChI is InChI=1S/C8H14NO2/c1-3-9(4-2)11-8(10)7-5-6-7/h3-6H2,1-2H3. The molecule has 63 valence electrons. The van der Waals surface area contributed by atoms with Crippen molar-refractivity contribution < 1.29 is 9.63 Å². The minimum Gasteiger partial charge on any atom is -0.367 e. The Hall–Kier alpha value is -0.570. The summed E-state index contributed by atoms with van der Waals surface area (Å²) in [4.78, 5) is 16.1. The van der Waals surface area contributed by atoms with Gasteiger partial charge in [-0.2, -0.15) is 0 Å². The van der Waals surface area contributed by atoms with Gasteiger partial charge in [0, 0.05) is 13.1 Å². The van der Waals surface area contributed by atoms with Crippen LogP contribution >= 0.6 is 0 Å². The average Bonchev–Trinajstić information content (AvgIpc) is 2.81. The first-order chi connectivity index (χ1) is 5.27.